The van der Waals surface area contributed by atoms with E-state index in [-0.39, 0.29) is 25.0 Å². The van der Waals surface area contributed by atoms with Crippen molar-refractivity contribution < 1.29 is 14.7 Å². The molecule has 0 spiro atoms. The number of amides is 2. The summed E-state index contributed by atoms with van der Waals surface area (Å²) in [7, 11) is 0. The van der Waals surface area contributed by atoms with Crippen LogP contribution in [-0.2, 0) is 4.79 Å². The van der Waals surface area contributed by atoms with Gasteiger partial charge in [0.25, 0.3) is 0 Å². The Morgan fingerprint density at radius 1 is 1.38 bits per heavy atom. The predicted octanol–water partition coefficient (Wildman–Crippen LogP) is 1.34. The van der Waals surface area contributed by atoms with Gasteiger partial charge in [-0.3, -0.25) is 4.79 Å². The topological polar surface area (TPSA) is 78.4 Å². The van der Waals surface area contributed by atoms with E-state index in [4.69, 9.17) is 5.11 Å². The fraction of sp³-hybridized carbons (Fsp3) is 0.818. The molecule has 1 fully saturated rings. The van der Waals surface area contributed by atoms with Crippen molar-refractivity contribution in [1.82, 2.24) is 10.6 Å². The highest BCUT2D eigenvalue weighted by atomic mass is 16.4. The molecule has 5 heteroatoms. The average Bonchev–Trinajstić information content (AvgIpc) is 2.69. The molecule has 5 nitrogen and oxygen atoms in total. The van der Waals surface area contributed by atoms with E-state index < -0.39 is 5.97 Å². The molecule has 0 bridgehead atoms. The molecule has 0 aromatic rings. The summed E-state index contributed by atoms with van der Waals surface area (Å²) in [5.41, 5.74) is 0. The minimum Gasteiger partial charge on any atom is -0.481 e. The van der Waals surface area contributed by atoms with Crippen LogP contribution in [0.1, 0.15) is 39.0 Å². The SMILES string of the molecule is C[C@H](NC(=O)NCCC(=O)O)C1CCCC1. The molecule has 16 heavy (non-hydrogen) atoms. The molecule has 92 valence electrons. The molecular formula is C11H20N2O3. The number of carbonyl (C=O) groups excluding carboxylic acids is 1. The summed E-state index contributed by atoms with van der Waals surface area (Å²) in [5, 5.41) is 13.8. The lowest BCUT2D eigenvalue weighted by molar-refractivity contribution is -0.136. The van der Waals surface area contributed by atoms with E-state index in [1.165, 1.54) is 25.7 Å². The molecule has 1 aliphatic carbocycles. The zero-order valence-corrected chi connectivity index (χ0v) is 9.66. The van der Waals surface area contributed by atoms with Crippen LogP contribution in [0.3, 0.4) is 0 Å². The third-order valence-corrected chi connectivity index (χ3v) is 3.09. The molecule has 1 rings (SSSR count). The maximum absolute atomic E-state index is 11.4. The van der Waals surface area contributed by atoms with Crippen molar-refractivity contribution >= 4 is 12.0 Å². The molecule has 2 amide bonds. The first-order chi connectivity index (χ1) is 7.59. The fourth-order valence-electron chi connectivity index (χ4n) is 2.12. The van der Waals surface area contributed by atoms with Gasteiger partial charge < -0.3 is 15.7 Å². The van der Waals surface area contributed by atoms with E-state index in [2.05, 4.69) is 10.6 Å². The Kier molecular flexibility index (Phi) is 5.08. The number of carboxylic acids is 1. The summed E-state index contributed by atoms with van der Waals surface area (Å²) < 4.78 is 0. The smallest absolute Gasteiger partial charge is 0.315 e. The Hall–Kier alpha value is -1.26. The van der Waals surface area contributed by atoms with Gasteiger partial charge in [0.2, 0.25) is 0 Å². The van der Waals surface area contributed by atoms with Gasteiger partial charge >= 0.3 is 12.0 Å². The maximum Gasteiger partial charge on any atom is 0.315 e. The number of carbonyl (C=O) groups is 2. The molecule has 1 atom stereocenters. The van der Waals surface area contributed by atoms with Crippen molar-refractivity contribution in [3.8, 4) is 0 Å². The number of aliphatic carboxylic acids is 1. The van der Waals surface area contributed by atoms with Crippen molar-refractivity contribution in [3.05, 3.63) is 0 Å². The second-order valence-electron chi connectivity index (χ2n) is 4.38. The summed E-state index contributed by atoms with van der Waals surface area (Å²) in [6.45, 7) is 2.19. The largest absolute Gasteiger partial charge is 0.481 e. The Balaban J connectivity index is 2.15. The number of hydrogen-bond acceptors (Lipinski definition) is 2. The van der Waals surface area contributed by atoms with Crippen molar-refractivity contribution in [3.63, 3.8) is 0 Å². The van der Waals surface area contributed by atoms with Crippen LogP contribution in [-0.4, -0.2) is 29.7 Å². The van der Waals surface area contributed by atoms with Gasteiger partial charge in [0, 0.05) is 12.6 Å². The van der Waals surface area contributed by atoms with Crippen LogP contribution in [0.5, 0.6) is 0 Å². The van der Waals surface area contributed by atoms with Crippen molar-refractivity contribution in [2.45, 2.75) is 45.1 Å². The highest BCUT2D eigenvalue weighted by molar-refractivity contribution is 5.75. The Morgan fingerprint density at radius 2 is 2.00 bits per heavy atom. The summed E-state index contributed by atoms with van der Waals surface area (Å²) >= 11 is 0. The molecule has 0 saturated heterocycles. The van der Waals surface area contributed by atoms with Gasteiger partial charge in [0.1, 0.15) is 0 Å². The quantitative estimate of drug-likeness (QED) is 0.664. The lowest BCUT2D eigenvalue weighted by atomic mass is 10.0. The monoisotopic (exact) mass is 228 g/mol. The zero-order valence-electron chi connectivity index (χ0n) is 9.66. The molecule has 0 unspecified atom stereocenters. The van der Waals surface area contributed by atoms with Gasteiger partial charge in [-0.2, -0.15) is 0 Å². The van der Waals surface area contributed by atoms with Crippen molar-refractivity contribution in [2.24, 2.45) is 5.92 Å². The average molecular weight is 228 g/mol. The first-order valence-electron chi connectivity index (χ1n) is 5.85. The van der Waals surface area contributed by atoms with Crippen LogP contribution in [0.25, 0.3) is 0 Å². The summed E-state index contributed by atoms with van der Waals surface area (Å²) in [4.78, 5) is 21.6. The highest BCUT2D eigenvalue weighted by Crippen LogP contribution is 2.27. The van der Waals surface area contributed by atoms with Gasteiger partial charge in [-0.05, 0) is 25.7 Å². The molecule has 1 aliphatic rings. The van der Waals surface area contributed by atoms with Crippen LogP contribution < -0.4 is 10.6 Å². The highest BCUT2D eigenvalue weighted by Gasteiger charge is 2.22. The minimum atomic E-state index is -0.899. The second-order valence-corrected chi connectivity index (χ2v) is 4.38. The number of nitrogens with one attached hydrogen (secondary N) is 2. The van der Waals surface area contributed by atoms with Crippen molar-refractivity contribution in [2.75, 3.05) is 6.54 Å². The molecule has 1 saturated carbocycles. The van der Waals surface area contributed by atoms with Crippen LogP contribution in [0.4, 0.5) is 4.79 Å². The lowest BCUT2D eigenvalue weighted by Crippen LogP contribution is -2.44. The number of hydrogen-bond donors (Lipinski definition) is 3. The molecule has 0 aromatic heterocycles. The van der Waals surface area contributed by atoms with Crippen molar-refractivity contribution in [1.29, 1.82) is 0 Å². The van der Waals surface area contributed by atoms with E-state index in [9.17, 15) is 9.59 Å². The first kappa shape index (κ1) is 12.8. The zero-order chi connectivity index (χ0) is 12.0. The predicted molar refractivity (Wildman–Crippen MR) is 60.2 cm³/mol. The fourth-order valence-corrected chi connectivity index (χ4v) is 2.12. The van der Waals surface area contributed by atoms with Gasteiger partial charge in [0.05, 0.1) is 6.42 Å². The van der Waals surface area contributed by atoms with Gasteiger partial charge in [-0.15, -0.1) is 0 Å². The molecule has 0 heterocycles. The van der Waals surface area contributed by atoms with E-state index >= 15 is 0 Å². The van der Waals surface area contributed by atoms with Crippen LogP contribution in [0.15, 0.2) is 0 Å². The Bertz CT molecular complexity index is 250. The Labute approximate surface area is 95.6 Å². The maximum atomic E-state index is 11.4. The Morgan fingerprint density at radius 3 is 2.56 bits per heavy atom. The lowest BCUT2D eigenvalue weighted by Gasteiger charge is -2.20. The second kappa shape index (κ2) is 6.35. The van der Waals surface area contributed by atoms with Gasteiger partial charge in [0.15, 0.2) is 0 Å². The van der Waals surface area contributed by atoms with E-state index in [1.807, 2.05) is 6.92 Å². The number of carboxylic acid groups (broad SMARTS) is 1. The van der Waals surface area contributed by atoms with E-state index in [0.717, 1.165) is 0 Å². The summed E-state index contributed by atoms with van der Waals surface area (Å²) in [6.07, 6.45) is 4.81. The molecular weight excluding hydrogens is 208 g/mol. The summed E-state index contributed by atoms with van der Waals surface area (Å²) in [5.74, 6) is -0.325. The van der Waals surface area contributed by atoms with Gasteiger partial charge in [-0.1, -0.05) is 12.8 Å². The molecule has 0 radical (unpaired) electrons. The van der Waals surface area contributed by atoms with Gasteiger partial charge in [-0.25, -0.2) is 4.79 Å². The number of urea groups is 1. The first-order valence-corrected chi connectivity index (χ1v) is 5.85. The van der Waals surface area contributed by atoms with E-state index in [0.29, 0.717) is 5.92 Å². The standard InChI is InChI=1S/C11H20N2O3/c1-8(9-4-2-3-5-9)13-11(16)12-7-6-10(14)15/h8-9H,2-7H2,1H3,(H,14,15)(H2,12,13,16)/t8-/m0/s1. The van der Waals surface area contributed by atoms with E-state index in [1.54, 1.807) is 0 Å². The van der Waals surface area contributed by atoms with Crippen LogP contribution in [0.2, 0.25) is 0 Å². The third-order valence-electron chi connectivity index (χ3n) is 3.09. The molecule has 3 N–H and O–H groups in total. The third kappa shape index (κ3) is 4.51. The normalized spacial score (nSPS) is 18.1. The van der Waals surface area contributed by atoms with Crippen LogP contribution in [0, 0.1) is 5.92 Å². The molecule has 0 aliphatic heterocycles. The summed E-state index contributed by atoms with van der Waals surface area (Å²) in [6, 6.07) is -0.0898. The minimum absolute atomic E-state index is 0.0365. The van der Waals surface area contributed by atoms with Crippen LogP contribution >= 0.6 is 0 Å². The molecule has 0 aromatic carbocycles. The number of rotatable bonds is 5.